The van der Waals surface area contributed by atoms with Crippen LogP contribution in [0.15, 0.2) is 40.8 Å². The third-order valence-electron chi connectivity index (χ3n) is 6.40. The Labute approximate surface area is 201 Å². The van der Waals surface area contributed by atoms with E-state index in [0.29, 0.717) is 23.7 Å². The minimum atomic E-state index is -3.15. The van der Waals surface area contributed by atoms with Crippen molar-refractivity contribution in [2.75, 3.05) is 43.7 Å². The van der Waals surface area contributed by atoms with Crippen LogP contribution in [0.25, 0.3) is 6.08 Å². The van der Waals surface area contributed by atoms with E-state index in [9.17, 15) is 13.2 Å². The SMILES string of the molecule is COc1ccc(/C=C/C(=O)N(Cc2ccc(N3CCCCC3)o2)C2CCS(=O)(=O)C2)cc1OC. The van der Waals surface area contributed by atoms with Crippen LogP contribution in [0.1, 0.15) is 37.0 Å². The van der Waals surface area contributed by atoms with Crippen molar-refractivity contribution >= 4 is 27.7 Å². The second-order valence-corrected chi connectivity index (χ2v) is 11.0. The first-order chi connectivity index (χ1) is 16.4. The molecule has 1 atom stereocenters. The molecule has 2 fully saturated rings. The summed E-state index contributed by atoms with van der Waals surface area (Å²) in [4.78, 5) is 17.1. The number of carbonyl (C=O) groups excluding carboxylic acids is 1. The monoisotopic (exact) mass is 488 g/mol. The number of rotatable bonds is 8. The van der Waals surface area contributed by atoms with Crippen LogP contribution < -0.4 is 14.4 Å². The topological polar surface area (TPSA) is 89.3 Å². The van der Waals surface area contributed by atoms with Gasteiger partial charge in [-0.3, -0.25) is 4.79 Å². The highest BCUT2D eigenvalue weighted by Crippen LogP contribution is 2.29. The zero-order chi connectivity index (χ0) is 24.1. The Kier molecular flexibility index (Phi) is 7.50. The smallest absolute Gasteiger partial charge is 0.247 e. The molecule has 0 bridgehead atoms. The molecule has 4 rings (SSSR count). The lowest BCUT2D eigenvalue weighted by atomic mass is 10.1. The Balaban J connectivity index is 1.52. The van der Waals surface area contributed by atoms with E-state index in [4.69, 9.17) is 13.9 Å². The lowest BCUT2D eigenvalue weighted by Crippen LogP contribution is -2.39. The highest BCUT2D eigenvalue weighted by molar-refractivity contribution is 7.91. The fraction of sp³-hybridized carbons (Fsp3) is 0.480. The molecule has 2 aromatic rings. The van der Waals surface area contributed by atoms with Crippen molar-refractivity contribution in [2.24, 2.45) is 0 Å². The van der Waals surface area contributed by atoms with E-state index in [0.717, 1.165) is 37.4 Å². The summed E-state index contributed by atoms with van der Waals surface area (Å²) in [5.41, 5.74) is 0.773. The summed E-state index contributed by atoms with van der Waals surface area (Å²) in [5, 5.41) is 0. The number of amides is 1. The molecular weight excluding hydrogens is 456 g/mol. The predicted molar refractivity (Wildman–Crippen MR) is 131 cm³/mol. The number of nitrogens with zero attached hydrogens (tertiary/aromatic N) is 2. The fourth-order valence-corrected chi connectivity index (χ4v) is 6.26. The maximum absolute atomic E-state index is 13.2. The molecule has 0 radical (unpaired) electrons. The van der Waals surface area contributed by atoms with E-state index in [1.807, 2.05) is 18.2 Å². The molecule has 0 saturated carbocycles. The van der Waals surface area contributed by atoms with Crippen LogP contribution >= 0.6 is 0 Å². The molecule has 0 N–H and O–H groups in total. The molecule has 9 heteroatoms. The summed E-state index contributed by atoms with van der Waals surface area (Å²) in [6, 6.07) is 8.82. The summed E-state index contributed by atoms with van der Waals surface area (Å²) in [6.45, 7) is 2.15. The first kappa shape index (κ1) is 24.2. The van der Waals surface area contributed by atoms with Crippen molar-refractivity contribution in [3.05, 3.63) is 47.7 Å². The van der Waals surface area contributed by atoms with Crippen molar-refractivity contribution in [1.29, 1.82) is 0 Å². The van der Waals surface area contributed by atoms with Gasteiger partial charge in [0.25, 0.3) is 0 Å². The van der Waals surface area contributed by atoms with Crippen LogP contribution in [0.5, 0.6) is 11.5 Å². The van der Waals surface area contributed by atoms with Crippen molar-refractivity contribution in [1.82, 2.24) is 4.90 Å². The number of methoxy groups -OCH3 is 2. The first-order valence-electron chi connectivity index (χ1n) is 11.6. The molecule has 1 aromatic carbocycles. The van der Waals surface area contributed by atoms with Crippen molar-refractivity contribution in [2.45, 2.75) is 38.3 Å². The second-order valence-electron chi connectivity index (χ2n) is 8.76. The number of hydrogen-bond donors (Lipinski definition) is 0. The minimum absolute atomic E-state index is 0.0252. The average Bonchev–Trinajstić information content (AvgIpc) is 3.47. The van der Waals surface area contributed by atoms with Crippen molar-refractivity contribution in [3.8, 4) is 11.5 Å². The van der Waals surface area contributed by atoms with Gasteiger partial charge in [0, 0.05) is 31.3 Å². The number of sulfone groups is 1. The summed E-state index contributed by atoms with van der Waals surface area (Å²) in [6.07, 6.45) is 7.11. The zero-order valence-corrected chi connectivity index (χ0v) is 20.6. The van der Waals surface area contributed by atoms with Gasteiger partial charge in [-0.05, 0) is 55.5 Å². The molecule has 2 aliphatic heterocycles. The summed E-state index contributed by atoms with van der Waals surface area (Å²) in [5.74, 6) is 2.44. The Bertz CT molecular complexity index is 1130. The molecule has 8 nitrogen and oxygen atoms in total. The van der Waals surface area contributed by atoms with E-state index < -0.39 is 9.84 Å². The van der Waals surface area contributed by atoms with E-state index in [2.05, 4.69) is 4.90 Å². The van der Waals surface area contributed by atoms with Gasteiger partial charge in [0.2, 0.25) is 5.91 Å². The third-order valence-corrected chi connectivity index (χ3v) is 8.15. The quantitative estimate of drug-likeness (QED) is 0.525. The number of carbonyl (C=O) groups is 1. The van der Waals surface area contributed by atoms with Crippen LogP contribution in [0, 0.1) is 0 Å². The number of benzene rings is 1. The van der Waals surface area contributed by atoms with Gasteiger partial charge < -0.3 is 23.7 Å². The van der Waals surface area contributed by atoms with Gasteiger partial charge in [0.05, 0.1) is 32.3 Å². The largest absolute Gasteiger partial charge is 0.493 e. The molecule has 0 spiro atoms. The van der Waals surface area contributed by atoms with E-state index in [1.54, 1.807) is 37.3 Å². The Morgan fingerprint density at radius 2 is 1.88 bits per heavy atom. The highest BCUT2D eigenvalue weighted by atomic mass is 32.2. The third kappa shape index (κ3) is 5.75. The number of hydrogen-bond acceptors (Lipinski definition) is 7. The number of ether oxygens (including phenoxy) is 2. The van der Waals surface area contributed by atoms with Gasteiger partial charge in [-0.1, -0.05) is 6.07 Å². The summed E-state index contributed by atoms with van der Waals surface area (Å²) >= 11 is 0. The first-order valence-corrected chi connectivity index (χ1v) is 13.5. The van der Waals surface area contributed by atoms with Gasteiger partial charge >= 0.3 is 0 Å². The Hall–Kier alpha value is -2.94. The lowest BCUT2D eigenvalue weighted by molar-refractivity contribution is -0.128. The minimum Gasteiger partial charge on any atom is -0.493 e. The van der Waals surface area contributed by atoms with Crippen molar-refractivity contribution < 1.29 is 27.1 Å². The maximum Gasteiger partial charge on any atom is 0.247 e. The molecule has 1 unspecified atom stereocenters. The van der Waals surface area contributed by atoms with Gasteiger partial charge in [0.15, 0.2) is 27.2 Å². The maximum atomic E-state index is 13.2. The summed E-state index contributed by atoms with van der Waals surface area (Å²) in [7, 11) is -0.0282. The molecule has 2 aliphatic rings. The van der Waals surface area contributed by atoms with Crippen LogP contribution in [-0.2, 0) is 21.2 Å². The lowest BCUT2D eigenvalue weighted by Gasteiger charge is -2.27. The molecule has 3 heterocycles. The van der Waals surface area contributed by atoms with Gasteiger partial charge in [-0.15, -0.1) is 0 Å². The number of anilines is 1. The number of furan rings is 1. The van der Waals surface area contributed by atoms with Gasteiger partial charge in [-0.2, -0.15) is 0 Å². The van der Waals surface area contributed by atoms with Crippen molar-refractivity contribution in [3.63, 3.8) is 0 Å². The van der Waals surface area contributed by atoms with Gasteiger partial charge in [0.1, 0.15) is 5.76 Å². The predicted octanol–water partition coefficient (Wildman–Crippen LogP) is 3.52. The van der Waals surface area contributed by atoms with Crippen LogP contribution in [-0.4, -0.2) is 64.1 Å². The average molecular weight is 489 g/mol. The molecule has 34 heavy (non-hydrogen) atoms. The molecule has 1 aromatic heterocycles. The highest BCUT2D eigenvalue weighted by Gasteiger charge is 2.34. The zero-order valence-electron chi connectivity index (χ0n) is 19.7. The normalized spacial score (nSPS) is 19.9. The van der Waals surface area contributed by atoms with E-state index in [1.165, 1.54) is 12.5 Å². The molecule has 1 amide bonds. The Morgan fingerprint density at radius 1 is 1.12 bits per heavy atom. The molecular formula is C25H32N2O6S. The Morgan fingerprint density at radius 3 is 2.56 bits per heavy atom. The van der Waals surface area contributed by atoms with E-state index >= 15 is 0 Å². The van der Waals surface area contributed by atoms with Crippen LogP contribution in [0.3, 0.4) is 0 Å². The molecule has 2 saturated heterocycles. The van der Waals surface area contributed by atoms with Crippen LogP contribution in [0.2, 0.25) is 0 Å². The molecule has 0 aliphatic carbocycles. The molecule has 184 valence electrons. The van der Waals surface area contributed by atoms with Gasteiger partial charge in [-0.25, -0.2) is 8.42 Å². The fourth-order valence-electron chi connectivity index (χ4n) is 4.53. The number of piperidine rings is 1. The van der Waals surface area contributed by atoms with E-state index in [-0.39, 0.29) is 30.0 Å². The van der Waals surface area contributed by atoms with Crippen LogP contribution in [0.4, 0.5) is 5.88 Å². The summed E-state index contributed by atoms with van der Waals surface area (Å²) < 4.78 is 40.9. The second kappa shape index (κ2) is 10.5. The standard InChI is InChI=1S/C25H32N2O6S/c1-31-22-9-6-19(16-23(22)32-2)7-10-24(28)27(20-12-15-34(29,30)18-20)17-21-8-11-25(33-21)26-13-4-3-5-14-26/h6-11,16,20H,3-5,12-15,17-18H2,1-2H3/b10-7+.